The maximum atomic E-state index is 12.0. The monoisotopic (exact) mass is 414 g/mol. The number of H-pyrrole nitrogens is 1. The van der Waals surface area contributed by atoms with Gasteiger partial charge in [-0.25, -0.2) is 4.79 Å². The average Bonchev–Trinajstić information content (AvgIpc) is 3.29. The lowest BCUT2D eigenvalue weighted by atomic mass is 10.1. The second-order valence-electron chi connectivity index (χ2n) is 6.11. The van der Waals surface area contributed by atoms with Gasteiger partial charge in [0.15, 0.2) is 0 Å². The number of nitrogens with zero attached hydrogens (tertiary/aromatic N) is 3. The summed E-state index contributed by atoms with van der Waals surface area (Å²) in [6.45, 7) is 2.53. The molecule has 0 atom stereocenters. The fraction of sp³-hybridized carbons (Fsp3) is 0.158. The second kappa shape index (κ2) is 8.81. The number of carbonyl (C=O) groups excluding carboxylic acids is 1. The standard InChI is InChI=1S/C19H18N6OS.ClH/c1-12-15-11-14(7-8-16(15)23-22-12)17-24-25-19(27-17)21-18(26)20-10-9-13-5-3-2-4-6-13;/h2-8,11H,9-10H2,1H3,(H,22,23)(H2,20,21,25,26);1H. The van der Waals surface area contributed by atoms with Gasteiger partial charge in [-0.2, -0.15) is 5.10 Å². The maximum Gasteiger partial charge on any atom is 0.321 e. The first-order valence-electron chi connectivity index (χ1n) is 8.56. The largest absolute Gasteiger partial charge is 0.337 e. The number of aromatic nitrogens is 4. The molecule has 0 aliphatic carbocycles. The number of amides is 2. The molecule has 2 aromatic carbocycles. The Bertz CT molecular complexity index is 1080. The Labute approximate surface area is 172 Å². The maximum absolute atomic E-state index is 12.0. The van der Waals surface area contributed by atoms with Gasteiger partial charge in [-0.05, 0) is 37.1 Å². The van der Waals surface area contributed by atoms with Gasteiger partial charge in [0.05, 0.1) is 5.52 Å². The molecule has 9 heteroatoms. The zero-order valence-corrected chi connectivity index (χ0v) is 16.7. The van der Waals surface area contributed by atoms with Crippen LogP contribution in [0.4, 0.5) is 9.93 Å². The molecule has 2 aromatic heterocycles. The second-order valence-corrected chi connectivity index (χ2v) is 7.09. The normalized spacial score (nSPS) is 10.5. The smallest absolute Gasteiger partial charge is 0.321 e. The Morgan fingerprint density at radius 2 is 1.96 bits per heavy atom. The highest BCUT2D eigenvalue weighted by Gasteiger charge is 2.11. The van der Waals surface area contributed by atoms with E-state index in [0.717, 1.165) is 33.6 Å². The van der Waals surface area contributed by atoms with E-state index in [-0.39, 0.29) is 18.4 Å². The van der Waals surface area contributed by atoms with Crippen LogP contribution in [0.3, 0.4) is 0 Å². The van der Waals surface area contributed by atoms with Gasteiger partial charge in [-0.3, -0.25) is 10.4 Å². The van der Waals surface area contributed by atoms with E-state index in [0.29, 0.717) is 11.7 Å². The summed E-state index contributed by atoms with van der Waals surface area (Å²) in [6.07, 6.45) is 0.777. The molecular formula is C19H19ClN6OS. The molecule has 0 aliphatic rings. The Balaban J connectivity index is 0.00000225. The van der Waals surface area contributed by atoms with Crippen molar-refractivity contribution in [2.45, 2.75) is 13.3 Å². The van der Waals surface area contributed by atoms with Crippen molar-refractivity contribution in [1.82, 2.24) is 25.7 Å². The lowest BCUT2D eigenvalue weighted by Gasteiger charge is -2.05. The van der Waals surface area contributed by atoms with Crippen LogP contribution in [0.5, 0.6) is 0 Å². The molecule has 3 N–H and O–H groups in total. The predicted octanol–water partition coefficient (Wildman–Crippen LogP) is 4.18. The van der Waals surface area contributed by atoms with Crippen LogP contribution in [0.2, 0.25) is 0 Å². The van der Waals surface area contributed by atoms with Crippen LogP contribution in [0.25, 0.3) is 21.5 Å². The molecule has 144 valence electrons. The minimum atomic E-state index is -0.283. The number of nitrogens with one attached hydrogen (secondary N) is 3. The number of aryl methyl sites for hydroxylation is 1. The van der Waals surface area contributed by atoms with Crippen molar-refractivity contribution in [3.63, 3.8) is 0 Å². The molecular weight excluding hydrogens is 396 g/mol. The first-order valence-corrected chi connectivity index (χ1v) is 9.38. The molecule has 0 saturated heterocycles. The Kier molecular flexibility index (Phi) is 6.23. The number of halogens is 1. The van der Waals surface area contributed by atoms with Gasteiger partial charge in [-0.1, -0.05) is 41.7 Å². The number of carbonyl (C=O) groups is 1. The van der Waals surface area contributed by atoms with Crippen molar-refractivity contribution in [1.29, 1.82) is 0 Å². The zero-order chi connectivity index (χ0) is 18.6. The molecule has 0 aliphatic heterocycles. The van der Waals surface area contributed by atoms with Gasteiger partial charge in [0.2, 0.25) is 5.13 Å². The van der Waals surface area contributed by atoms with Crippen LogP contribution in [-0.4, -0.2) is 33.0 Å². The minimum absolute atomic E-state index is 0. The van der Waals surface area contributed by atoms with Gasteiger partial charge >= 0.3 is 6.03 Å². The lowest BCUT2D eigenvalue weighted by Crippen LogP contribution is -2.30. The van der Waals surface area contributed by atoms with E-state index in [4.69, 9.17) is 0 Å². The van der Waals surface area contributed by atoms with E-state index >= 15 is 0 Å². The highest BCUT2D eigenvalue weighted by molar-refractivity contribution is 7.18. The first-order chi connectivity index (χ1) is 13.2. The molecule has 0 spiro atoms. The molecule has 28 heavy (non-hydrogen) atoms. The van der Waals surface area contributed by atoms with Crippen molar-refractivity contribution < 1.29 is 4.79 Å². The number of rotatable bonds is 5. The fourth-order valence-electron chi connectivity index (χ4n) is 2.77. The summed E-state index contributed by atoms with van der Waals surface area (Å²) in [4.78, 5) is 12.0. The summed E-state index contributed by atoms with van der Waals surface area (Å²) in [5.74, 6) is 0. The van der Waals surface area contributed by atoms with Gasteiger partial charge in [-0.15, -0.1) is 22.6 Å². The van der Waals surface area contributed by atoms with Crippen LogP contribution in [0.1, 0.15) is 11.3 Å². The number of urea groups is 1. The fourth-order valence-corrected chi connectivity index (χ4v) is 3.50. The molecule has 4 aromatic rings. The Morgan fingerprint density at radius 1 is 1.14 bits per heavy atom. The number of benzene rings is 2. The van der Waals surface area contributed by atoms with Crippen molar-refractivity contribution >= 4 is 45.8 Å². The first kappa shape index (κ1) is 19.8. The molecule has 7 nitrogen and oxygen atoms in total. The van der Waals surface area contributed by atoms with E-state index < -0.39 is 0 Å². The molecule has 0 bridgehead atoms. The van der Waals surface area contributed by atoms with Crippen molar-refractivity contribution in [2.75, 3.05) is 11.9 Å². The molecule has 2 heterocycles. The van der Waals surface area contributed by atoms with Gasteiger partial charge in [0.1, 0.15) is 5.01 Å². The van der Waals surface area contributed by atoms with E-state index in [1.807, 2.05) is 55.5 Å². The summed E-state index contributed by atoms with van der Waals surface area (Å²) in [5, 5.41) is 23.3. The summed E-state index contributed by atoms with van der Waals surface area (Å²) in [6, 6.07) is 15.7. The van der Waals surface area contributed by atoms with Crippen LogP contribution < -0.4 is 10.6 Å². The van der Waals surface area contributed by atoms with E-state index in [2.05, 4.69) is 31.0 Å². The van der Waals surface area contributed by atoms with E-state index in [1.165, 1.54) is 16.9 Å². The molecule has 0 saturated carbocycles. The highest BCUT2D eigenvalue weighted by Crippen LogP contribution is 2.29. The summed E-state index contributed by atoms with van der Waals surface area (Å²) >= 11 is 1.34. The summed E-state index contributed by atoms with van der Waals surface area (Å²) in [7, 11) is 0. The van der Waals surface area contributed by atoms with Crippen LogP contribution in [-0.2, 0) is 6.42 Å². The van der Waals surface area contributed by atoms with Crippen LogP contribution in [0.15, 0.2) is 48.5 Å². The van der Waals surface area contributed by atoms with Crippen LogP contribution in [0, 0.1) is 6.92 Å². The van der Waals surface area contributed by atoms with Crippen molar-refractivity contribution in [2.24, 2.45) is 0 Å². The SMILES string of the molecule is Cc1[nH]nc2ccc(-c3nnc(NC(=O)NCCc4ccccc4)s3)cc12.Cl. The number of anilines is 1. The Morgan fingerprint density at radius 3 is 2.79 bits per heavy atom. The average molecular weight is 415 g/mol. The topological polar surface area (TPSA) is 95.6 Å². The number of hydrogen-bond donors (Lipinski definition) is 3. The Hall–Kier alpha value is -2.97. The number of hydrogen-bond acceptors (Lipinski definition) is 5. The lowest BCUT2D eigenvalue weighted by molar-refractivity contribution is 0.252. The zero-order valence-electron chi connectivity index (χ0n) is 15.1. The van der Waals surface area contributed by atoms with Gasteiger partial charge in [0.25, 0.3) is 0 Å². The van der Waals surface area contributed by atoms with Crippen molar-refractivity contribution in [3.05, 3.63) is 59.8 Å². The molecule has 0 fully saturated rings. The van der Waals surface area contributed by atoms with Crippen LogP contribution >= 0.6 is 23.7 Å². The third-order valence-electron chi connectivity index (χ3n) is 4.18. The van der Waals surface area contributed by atoms with E-state index in [1.54, 1.807) is 0 Å². The highest BCUT2D eigenvalue weighted by atomic mass is 35.5. The number of aromatic amines is 1. The minimum Gasteiger partial charge on any atom is -0.337 e. The van der Waals surface area contributed by atoms with Crippen molar-refractivity contribution in [3.8, 4) is 10.6 Å². The summed E-state index contributed by atoms with van der Waals surface area (Å²) in [5.41, 5.74) is 4.05. The van der Waals surface area contributed by atoms with Gasteiger partial charge in [0, 0.05) is 23.2 Å². The van der Waals surface area contributed by atoms with Gasteiger partial charge < -0.3 is 5.32 Å². The molecule has 0 unspecified atom stereocenters. The molecule has 4 rings (SSSR count). The van der Waals surface area contributed by atoms with E-state index in [9.17, 15) is 4.79 Å². The number of fused-ring (bicyclic) bond motifs is 1. The third-order valence-corrected chi connectivity index (χ3v) is 5.07. The third kappa shape index (κ3) is 4.47. The molecule has 0 radical (unpaired) electrons. The molecule has 2 amide bonds. The predicted molar refractivity (Wildman–Crippen MR) is 114 cm³/mol. The summed E-state index contributed by atoms with van der Waals surface area (Å²) < 4.78 is 0. The quantitative estimate of drug-likeness (QED) is 0.456.